The van der Waals surface area contributed by atoms with Crippen LogP contribution in [-0.2, 0) is 10.8 Å². The highest BCUT2D eigenvalue weighted by atomic mass is 15.1. The molecule has 5 aliphatic rings. The fourth-order valence-corrected chi connectivity index (χ4v) is 12.6. The molecule has 9 aromatic rings. The molecular weight excluding hydrogens is 759 g/mol. The van der Waals surface area contributed by atoms with Crippen LogP contribution in [0.5, 0.6) is 0 Å². The van der Waals surface area contributed by atoms with Crippen LogP contribution in [-0.4, -0.2) is 0 Å². The van der Waals surface area contributed by atoms with E-state index in [4.69, 9.17) is 0 Å². The molecule has 9 aromatic carbocycles. The zero-order valence-electron chi connectivity index (χ0n) is 34.7. The molecule has 1 unspecified atom stereocenters. The van der Waals surface area contributed by atoms with Crippen molar-refractivity contribution in [2.24, 2.45) is 0 Å². The van der Waals surface area contributed by atoms with E-state index in [9.17, 15) is 0 Å². The Labute approximate surface area is 368 Å². The highest BCUT2D eigenvalue weighted by Crippen LogP contribution is 2.66. The summed E-state index contributed by atoms with van der Waals surface area (Å²) >= 11 is 0. The number of fused-ring (bicyclic) bond motifs is 20. The molecule has 0 bridgehead atoms. The van der Waals surface area contributed by atoms with Crippen LogP contribution < -0.4 is 4.90 Å². The number of rotatable bonds is 4. The molecule has 0 radical (unpaired) electrons. The van der Waals surface area contributed by atoms with Gasteiger partial charge < -0.3 is 4.90 Å². The van der Waals surface area contributed by atoms with Gasteiger partial charge in [-0.1, -0.05) is 194 Å². The largest absolute Gasteiger partial charge is 0.310 e. The topological polar surface area (TPSA) is 3.24 Å². The Hall–Kier alpha value is -7.74. The SMILES string of the molecule is C1=C2C(=CCC1)C1(c3ccccc32)c2ccccc2-c2ccc(N(c3ccc4c(c3)C3(c5ccccc5-c5ccccc53)c3ccccc3-4)c3ccccc3-c3ccccc3)cc21. The third-order valence-electron chi connectivity index (χ3n) is 14.9. The molecule has 14 rings (SSSR count). The molecule has 0 N–H and O–H groups in total. The molecular formula is C62H41N. The lowest BCUT2D eigenvalue weighted by atomic mass is 9.69. The smallest absolute Gasteiger partial charge is 0.0726 e. The van der Waals surface area contributed by atoms with E-state index in [1.807, 2.05) is 0 Å². The fraction of sp³-hybridized carbons (Fsp3) is 0.0645. The van der Waals surface area contributed by atoms with Crippen molar-refractivity contribution in [1.29, 1.82) is 0 Å². The first-order chi connectivity index (χ1) is 31.3. The Kier molecular flexibility index (Phi) is 7.15. The van der Waals surface area contributed by atoms with Crippen LogP contribution in [0.4, 0.5) is 17.1 Å². The first-order valence-electron chi connectivity index (χ1n) is 22.4. The molecule has 63 heavy (non-hydrogen) atoms. The van der Waals surface area contributed by atoms with Gasteiger partial charge in [0.05, 0.1) is 16.5 Å². The van der Waals surface area contributed by atoms with Crippen LogP contribution >= 0.6 is 0 Å². The summed E-state index contributed by atoms with van der Waals surface area (Å²) in [6.07, 6.45) is 7.16. The van der Waals surface area contributed by atoms with Crippen LogP contribution in [0, 0.1) is 0 Å². The summed E-state index contributed by atoms with van der Waals surface area (Å²) in [5, 5.41) is 0. The van der Waals surface area contributed by atoms with Gasteiger partial charge in [-0.25, -0.2) is 0 Å². The third-order valence-corrected chi connectivity index (χ3v) is 14.9. The van der Waals surface area contributed by atoms with Crippen molar-refractivity contribution in [3.8, 4) is 44.5 Å². The van der Waals surface area contributed by atoms with Crippen molar-refractivity contribution < 1.29 is 0 Å². The Morgan fingerprint density at radius 3 is 1.25 bits per heavy atom. The monoisotopic (exact) mass is 799 g/mol. The lowest BCUT2D eigenvalue weighted by Crippen LogP contribution is -2.27. The van der Waals surface area contributed by atoms with Crippen molar-refractivity contribution >= 4 is 22.6 Å². The van der Waals surface area contributed by atoms with Gasteiger partial charge in [0.2, 0.25) is 0 Å². The molecule has 1 atom stereocenters. The summed E-state index contributed by atoms with van der Waals surface area (Å²) in [7, 11) is 0. The number of hydrogen-bond donors (Lipinski definition) is 0. The molecule has 0 fully saturated rings. The van der Waals surface area contributed by atoms with E-state index >= 15 is 0 Å². The minimum atomic E-state index is -0.451. The molecule has 0 saturated carbocycles. The summed E-state index contributed by atoms with van der Waals surface area (Å²) in [4.78, 5) is 2.55. The molecule has 0 aliphatic heterocycles. The Morgan fingerprint density at radius 2 is 0.698 bits per heavy atom. The van der Waals surface area contributed by atoms with Crippen LogP contribution in [0.2, 0.25) is 0 Å². The molecule has 0 saturated heterocycles. The van der Waals surface area contributed by atoms with Gasteiger partial charge in [-0.15, -0.1) is 0 Å². The number of hydrogen-bond acceptors (Lipinski definition) is 1. The molecule has 0 heterocycles. The second-order valence-electron chi connectivity index (χ2n) is 17.7. The fourth-order valence-electron chi connectivity index (χ4n) is 12.6. The predicted octanol–water partition coefficient (Wildman–Crippen LogP) is 15.6. The summed E-state index contributed by atoms with van der Waals surface area (Å²) in [6.45, 7) is 0. The van der Waals surface area contributed by atoms with Crippen LogP contribution in [0.25, 0.3) is 50.1 Å². The van der Waals surface area contributed by atoms with E-state index < -0.39 is 10.8 Å². The highest BCUT2D eigenvalue weighted by Gasteiger charge is 2.54. The van der Waals surface area contributed by atoms with Crippen LogP contribution in [0.3, 0.4) is 0 Å². The number of allylic oxidation sites excluding steroid dienone is 4. The lowest BCUT2D eigenvalue weighted by Gasteiger charge is -2.34. The van der Waals surface area contributed by atoms with Gasteiger partial charge in [0.25, 0.3) is 0 Å². The van der Waals surface area contributed by atoms with Gasteiger partial charge in [0, 0.05) is 16.9 Å². The minimum absolute atomic E-state index is 0.406. The van der Waals surface area contributed by atoms with Gasteiger partial charge in [-0.3, -0.25) is 0 Å². The predicted molar refractivity (Wildman–Crippen MR) is 260 cm³/mol. The molecule has 0 amide bonds. The standard InChI is InChI=1S/C62H41N/c1-2-18-40(19-3-1)43-20-10-17-33-60(43)63(41-34-36-50-48-25-8-15-31-56(48)61(58(50)38-41)52-27-11-4-21-44(52)45-22-5-12-28-53(45)61)42-35-37-51-49-26-9-16-32-57(49)62(59(51)39-42)54-29-13-6-23-46(54)47-24-7-14-30-55(47)62/h1-6,8-13,15-39H,7,14H2. The van der Waals surface area contributed by atoms with E-state index in [-0.39, 0.29) is 0 Å². The number of para-hydroxylation sites is 1. The summed E-state index contributed by atoms with van der Waals surface area (Å²) in [6, 6.07) is 80.2. The number of nitrogens with zero attached hydrogens (tertiary/aromatic N) is 1. The van der Waals surface area contributed by atoms with Crippen LogP contribution in [0.1, 0.15) is 57.3 Å². The van der Waals surface area contributed by atoms with E-state index in [1.54, 1.807) is 0 Å². The van der Waals surface area contributed by atoms with Gasteiger partial charge in [0.1, 0.15) is 0 Å². The third kappa shape index (κ3) is 4.41. The minimum Gasteiger partial charge on any atom is -0.310 e. The van der Waals surface area contributed by atoms with Crippen molar-refractivity contribution in [3.63, 3.8) is 0 Å². The summed E-state index contributed by atoms with van der Waals surface area (Å²) < 4.78 is 0. The van der Waals surface area contributed by atoms with E-state index in [2.05, 4.69) is 229 Å². The first kappa shape index (κ1) is 34.9. The van der Waals surface area contributed by atoms with E-state index in [0.717, 1.165) is 29.9 Å². The molecule has 2 spiro atoms. The van der Waals surface area contributed by atoms with Crippen molar-refractivity contribution in [1.82, 2.24) is 0 Å². The van der Waals surface area contributed by atoms with E-state index in [1.165, 1.54) is 100 Å². The zero-order valence-corrected chi connectivity index (χ0v) is 34.7. The maximum atomic E-state index is 2.55. The number of benzene rings is 9. The average molecular weight is 800 g/mol. The Balaban J connectivity index is 1.06. The maximum Gasteiger partial charge on any atom is 0.0726 e. The quantitative estimate of drug-likeness (QED) is 0.171. The normalized spacial score (nSPS) is 17.1. The first-order valence-corrected chi connectivity index (χ1v) is 22.4. The van der Waals surface area contributed by atoms with E-state index in [0.29, 0.717) is 0 Å². The van der Waals surface area contributed by atoms with Gasteiger partial charge in [0.15, 0.2) is 0 Å². The molecule has 5 aliphatic carbocycles. The second kappa shape index (κ2) is 12.9. The maximum absolute atomic E-state index is 2.55. The van der Waals surface area contributed by atoms with Crippen molar-refractivity contribution in [3.05, 3.63) is 275 Å². The molecule has 294 valence electrons. The molecule has 0 aromatic heterocycles. The van der Waals surface area contributed by atoms with Gasteiger partial charge in [-0.05, 0) is 138 Å². The van der Waals surface area contributed by atoms with Gasteiger partial charge >= 0.3 is 0 Å². The lowest BCUT2D eigenvalue weighted by molar-refractivity contribution is 0.782. The molecule has 1 nitrogen and oxygen atoms in total. The van der Waals surface area contributed by atoms with Crippen molar-refractivity contribution in [2.45, 2.75) is 23.7 Å². The zero-order chi connectivity index (χ0) is 41.3. The summed E-state index contributed by atoms with van der Waals surface area (Å²) in [5.41, 5.74) is 26.6. The Morgan fingerprint density at radius 1 is 0.302 bits per heavy atom. The molecule has 1 heteroatoms. The summed E-state index contributed by atoms with van der Waals surface area (Å²) in [5.74, 6) is 0. The van der Waals surface area contributed by atoms with Crippen LogP contribution in [0.15, 0.2) is 230 Å². The van der Waals surface area contributed by atoms with Crippen molar-refractivity contribution in [2.75, 3.05) is 4.90 Å². The second-order valence-corrected chi connectivity index (χ2v) is 17.7. The van der Waals surface area contributed by atoms with Gasteiger partial charge in [-0.2, -0.15) is 0 Å². The highest BCUT2D eigenvalue weighted by molar-refractivity contribution is 6.02. The average Bonchev–Trinajstić information content (AvgIpc) is 4.03. The Bertz CT molecular complexity index is 3410. The number of anilines is 3.